The second kappa shape index (κ2) is 6.02. The van der Waals surface area contributed by atoms with Gasteiger partial charge in [0.2, 0.25) is 5.91 Å². The van der Waals surface area contributed by atoms with E-state index in [1.807, 2.05) is 19.1 Å². The highest BCUT2D eigenvalue weighted by molar-refractivity contribution is 5.77. The van der Waals surface area contributed by atoms with Crippen LogP contribution in [0.15, 0.2) is 16.5 Å². The molecule has 0 N–H and O–H groups in total. The van der Waals surface area contributed by atoms with Crippen molar-refractivity contribution >= 4 is 5.91 Å². The molecule has 1 saturated heterocycles. The number of likely N-dealkylation sites (N-methyl/N-ethyl adjacent to an activating group) is 1. The normalized spacial score (nSPS) is 16.8. The van der Waals surface area contributed by atoms with Crippen LogP contribution >= 0.6 is 0 Å². The third-order valence-corrected chi connectivity index (χ3v) is 3.08. The fourth-order valence-electron chi connectivity index (χ4n) is 1.96. The zero-order valence-electron chi connectivity index (χ0n) is 11.0. The molecule has 1 aromatic heterocycles. The fourth-order valence-corrected chi connectivity index (χ4v) is 1.96. The number of amides is 1. The third kappa shape index (κ3) is 3.58. The minimum atomic E-state index is 0.117. The second-order valence-corrected chi connectivity index (χ2v) is 4.65. The zero-order valence-corrected chi connectivity index (χ0v) is 11.0. The number of aryl methyl sites for hydroxylation is 1. The predicted octanol–water partition coefficient (Wildman–Crippen LogP) is 0.879. The SMILES string of the molecule is Cc1ccc(CN(C)C(=O)CN2CCOCC2)o1. The Morgan fingerprint density at radius 3 is 2.72 bits per heavy atom. The van der Waals surface area contributed by atoms with Crippen molar-refractivity contribution in [3.8, 4) is 0 Å². The molecule has 0 unspecified atom stereocenters. The first-order valence-corrected chi connectivity index (χ1v) is 6.24. The highest BCUT2D eigenvalue weighted by Gasteiger charge is 2.17. The molecular weight excluding hydrogens is 232 g/mol. The number of nitrogens with zero attached hydrogens (tertiary/aromatic N) is 2. The van der Waals surface area contributed by atoms with Gasteiger partial charge in [0.05, 0.1) is 26.3 Å². The van der Waals surface area contributed by atoms with Crippen LogP contribution in [0.5, 0.6) is 0 Å². The van der Waals surface area contributed by atoms with Gasteiger partial charge in [-0.1, -0.05) is 0 Å². The number of carbonyl (C=O) groups excluding carboxylic acids is 1. The maximum absolute atomic E-state index is 12.0. The maximum atomic E-state index is 12.0. The average molecular weight is 252 g/mol. The number of carbonyl (C=O) groups is 1. The number of rotatable bonds is 4. The maximum Gasteiger partial charge on any atom is 0.236 e. The molecular formula is C13H20N2O3. The van der Waals surface area contributed by atoms with Crippen LogP contribution in [0.2, 0.25) is 0 Å². The van der Waals surface area contributed by atoms with Crippen molar-refractivity contribution in [2.24, 2.45) is 0 Å². The van der Waals surface area contributed by atoms with Crippen LogP contribution in [0, 0.1) is 6.92 Å². The fraction of sp³-hybridized carbons (Fsp3) is 0.615. The molecule has 1 fully saturated rings. The molecule has 5 heteroatoms. The Bertz CT molecular complexity index is 397. The van der Waals surface area contributed by atoms with E-state index in [2.05, 4.69) is 4.90 Å². The van der Waals surface area contributed by atoms with E-state index in [1.165, 1.54) is 0 Å². The van der Waals surface area contributed by atoms with Crippen LogP contribution < -0.4 is 0 Å². The van der Waals surface area contributed by atoms with Crippen molar-refractivity contribution in [3.63, 3.8) is 0 Å². The molecule has 2 heterocycles. The van der Waals surface area contributed by atoms with Crippen LogP contribution in [0.25, 0.3) is 0 Å². The molecule has 0 atom stereocenters. The predicted molar refractivity (Wildman–Crippen MR) is 67.2 cm³/mol. The smallest absolute Gasteiger partial charge is 0.236 e. The summed E-state index contributed by atoms with van der Waals surface area (Å²) in [5.74, 6) is 1.82. The molecule has 5 nitrogen and oxygen atoms in total. The van der Waals surface area contributed by atoms with Gasteiger partial charge in [0.1, 0.15) is 11.5 Å². The monoisotopic (exact) mass is 252 g/mol. The van der Waals surface area contributed by atoms with Crippen LogP contribution in [0.1, 0.15) is 11.5 Å². The van der Waals surface area contributed by atoms with Gasteiger partial charge in [-0.2, -0.15) is 0 Å². The first kappa shape index (κ1) is 13.1. The molecule has 18 heavy (non-hydrogen) atoms. The Hall–Kier alpha value is -1.33. The number of hydrogen-bond donors (Lipinski definition) is 0. The Labute approximate surface area is 107 Å². The van der Waals surface area contributed by atoms with Gasteiger partial charge in [-0.25, -0.2) is 0 Å². The number of morpholine rings is 1. The molecule has 0 saturated carbocycles. The topological polar surface area (TPSA) is 45.9 Å². The van der Waals surface area contributed by atoms with Gasteiger partial charge in [-0.3, -0.25) is 9.69 Å². The lowest BCUT2D eigenvalue weighted by atomic mass is 10.3. The first-order chi connectivity index (χ1) is 8.65. The lowest BCUT2D eigenvalue weighted by molar-refractivity contribution is -0.132. The van der Waals surface area contributed by atoms with Gasteiger partial charge in [0.25, 0.3) is 0 Å². The summed E-state index contributed by atoms with van der Waals surface area (Å²) in [5, 5.41) is 0. The Kier molecular flexibility index (Phi) is 4.38. The molecule has 0 aliphatic carbocycles. The van der Waals surface area contributed by atoms with Crippen LogP contribution in [-0.4, -0.2) is 55.6 Å². The molecule has 1 aliphatic heterocycles. The highest BCUT2D eigenvalue weighted by Crippen LogP contribution is 2.09. The number of furan rings is 1. The van der Waals surface area contributed by atoms with Crippen molar-refractivity contribution in [3.05, 3.63) is 23.7 Å². The van der Waals surface area contributed by atoms with Crippen molar-refractivity contribution in [1.82, 2.24) is 9.80 Å². The molecule has 1 aromatic rings. The van der Waals surface area contributed by atoms with E-state index in [0.717, 1.165) is 24.6 Å². The van der Waals surface area contributed by atoms with Gasteiger partial charge >= 0.3 is 0 Å². The van der Waals surface area contributed by atoms with E-state index in [0.29, 0.717) is 26.3 Å². The largest absolute Gasteiger partial charge is 0.464 e. The van der Waals surface area contributed by atoms with Gasteiger partial charge in [-0.05, 0) is 19.1 Å². The molecule has 1 aliphatic rings. The van der Waals surface area contributed by atoms with Gasteiger partial charge < -0.3 is 14.1 Å². The van der Waals surface area contributed by atoms with Crippen molar-refractivity contribution < 1.29 is 13.9 Å². The van der Waals surface area contributed by atoms with E-state index in [4.69, 9.17) is 9.15 Å². The second-order valence-electron chi connectivity index (χ2n) is 4.65. The summed E-state index contributed by atoms with van der Waals surface area (Å²) in [6, 6.07) is 3.82. The molecule has 1 amide bonds. The van der Waals surface area contributed by atoms with Crippen LogP contribution in [0.3, 0.4) is 0 Å². The lowest BCUT2D eigenvalue weighted by Gasteiger charge is -2.27. The minimum Gasteiger partial charge on any atom is -0.464 e. The summed E-state index contributed by atoms with van der Waals surface area (Å²) >= 11 is 0. The van der Waals surface area contributed by atoms with Gasteiger partial charge in [-0.15, -0.1) is 0 Å². The van der Waals surface area contributed by atoms with E-state index < -0.39 is 0 Å². The van der Waals surface area contributed by atoms with E-state index in [9.17, 15) is 4.79 Å². The molecule has 0 spiro atoms. The van der Waals surface area contributed by atoms with Gasteiger partial charge in [0, 0.05) is 20.1 Å². The molecule has 0 bridgehead atoms. The Balaban J connectivity index is 1.80. The van der Waals surface area contributed by atoms with Crippen LogP contribution in [-0.2, 0) is 16.1 Å². The lowest BCUT2D eigenvalue weighted by Crippen LogP contribution is -2.43. The summed E-state index contributed by atoms with van der Waals surface area (Å²) in [7, 11) is 1.81. The standard InChI is InChI=1S/C13H20N2O3/c1-11-3-4-12(18-11)9-14(2)13(16)10-15-5-7-17-8-6-15/h3-4H,5-10H2,1-2H3. The third-order valence-electron chi connectivity index (χ3n) is 3.08. The highest BCUT2D eigenvalue weighted by atomic mass is 16.5. The van der Waals surface area contributed by atoms with Crippen molar-refractivity contribution in [2.75, 3.05) is 39.9 Å². The summed E-state index contributed by atoms with van der Waals surface area (Å²) < 4.78 is 10.7. The molecule has 2 rings (SSSR count). The van der Waals surface area contributed by atoms with Crippen molar-refractivity contribution in [2.45, 2.75) is 13.5 Å². The minimum absolute atomic E-state index is 0.117. The quantitative estimate of drug-likeness (QED) is 0.798. The summed E-state index contributed by atoms with van der Waals surface area (Å²) in [5.41, 5.74) is 0. The molecule has 0 aromatic carbocycles. The molecule has 100 valence electrons. The van der Waals surface area contributed by atoms with E-state index in [-0.39, 0.29) is 5.91 Å². The molecule has 0 radical (unpaired) electrons. The number of hydrogen-bond acceptors (Lipinski definition) is 4. The zero-order chi connectivity index (χ0) is 13.0. The van der Waals surface area contributed by atoms with Crippen LogP contribution in [0.4, 0.5) is 0 Å². The summed E-state index contributed by atoms with van der Waals surface area (Å²) in [6.07, 6.45) is 0. The van der Waals surface area contributed by atoms with Crippen molar-refractivity contribution in [1.29, 1.82) is 0 Å². The summed E-state index contributed by atoms with van der Waals surface area (Å²) in [4.78, 5) is 15.8. The Morgan fingerprint density at radius 2 is 2.11 bits per heavy atom. The first-order valence-electron chi connectivity index (χ1n) is 6.24. The van der Waals surface area contributed by atoms with Gasteiger partial charge in [0.15, 0.2) is 0 Å². The average Bonchev–Trinajstić information content (AvgIpc) is 2.76. The summed E-state index contributed by atoms with van der Waals surface area (Å²) in [6.45, 7) is 5.98. The number of ether oxygens (including phenoxy) is 1. The Morgan fingerprint density at radius 1 is 1.39 bits per heavy atom. The van der Waals surface area contributed by atoms with E-state index >= 15 is 0 Å². The van der Waals surface area contributed by atoms with E-state index in [1.54, 1.807) is 11.9 Å².